The van der Waals surface area contributed by atoms with E-state index in [0.29, 0.717) is 23.8 Å². The van der Waals surface area contributed by atoms with Crippen LogP contribution in [0, 0.1) is 5.92 Å². The average molecular weight is 389 g/mol. The van der Waals surface area contributed by atoms with Crippen LogP contribution in [0.2, 0.25) is 0 Å². The van der Waals surface area contributed by atoms with Gasteiger partial charge in [0.25, 0.3) is 0 Å². The Labute approximate surface area is 176 Å². The Balaban J connectivity index is 1.41. The highest BCUT2D eigenvalue weighted by Crippen LogP contribution is 2.65. The van der Waals surface area contributed by atoms with Crippen molar-refractivity contribution in [1.29, 1.82) is 0 Å². The first-order chi connectivity index (χ1) is 14.7. The fourth-order valence-corrected chi connectivity index (χ4v) is 6.00. The molecular weight excluding hydrogens is 366 g/mol. The first kappa shape index (κ1) is 16.5. The molecule has 0 bridgehead atoms. The molecule has 0 spiro atoms. The first-order valence-corrected chi connectivity index (χ1v) is 10.9. The second kappa shape index (κ2) is 5.66. The molecule has 1 saturated carbocycles. The first-order valence-electron chi connectivity index (χ1n) is 10.9. The summed E-state index contributed by atoms with van der Waals surface area (Å²) in [5.41, 5.74) is 9.50. The minimum absolute atomic E-state index is 0.370. The second-order valence-corrected chi connectivity index (χ2v) is 9.08. The van der Waals surface area contributed by atoms with E-state index in [1.807, 2.05) is 12.2 Å². The monoisotopic (exact) mass is 389 g/mol. The van der Waals surface area contributed by atoms with Gasteiger partial charge in [-0.15, -0.1) is 0 Å². The van der Waals surface area contributed by atoms with Gasteiger partial charge in [-0.2, -0.15) is 0 Å². The Morgan fingerprint density at radius 1 is 1.10 bits per heavy atom. The number of benzene rings is 2. The molecule has 0 saturated heterocycles. The summed E-state index contributed by atoms with van der Waals surface area (Å²) in [4.78, 5) is 0. The second-order valence-electron chi connectivity index (χ2n) is 9.08. The Bertz CT molecular complexity index is 1350. The van der Waals surface area contributed by atoms with E-state index in [1.165, 1.54) is 28.6 Å². The van der Waals surface area contributed by atoms with Crippen molar-refractivity contribution in [2.24, 2.45) is 5.92 Å². The van der Waals surface area contributed by atoms with E-state index < -0.39 is 0 Å². The van der Waals surface area contributed by atoms with Gasteiger partial charge in [-0.3, -0.25) is 0 Å². The van der Waals surface area contributed by atoms with Crippen molar-refractivity contribution in [3.05, 3.63) is 102 Å². The fraction of sp³-hybridized carbons (Fsp3) is 0.214. The summed E-state index contributed by atoms with van der Waals surface area (Å²) in [7, 11) is 0. The number of rotatable bonds is 1. The van der Waals surface area contributed by atoms with Gasteiger partial charge in [0, 0.05) is 40.0 Å². The van der Waals surface area contributed by atoms with Crippen LogP contribution in [0.1, 0.15) is 53.6 Å². The summed E-state index contributed by atoms with van der Waals surface area (Å²) in [5, 5.41) is 1.44. The van der Waals surface area contributed by atoms with E-state index in [1.54, 1.807) is 17.4 Å². The number of hydrogen-bond donors (Lipinski definition) is 0. The van der Waals surface area contributed by atoms with Gasteiger partial charge < -0.3 is 9.30 Å². The molecule has 7 rings (SSSR count). The number of hydrogen-bond acceptors (Lipinski definition) is 1. The molecule has 0 amide bonds. The van der Waals surface area contributed by atoms with Crippen molar-refractivity contribution in [2.45, 2.75) is 31.2 Å². The third-order valence-electron chi connectivity index (χ3n) is 7.48. The van der Waals surface area contributed by atoms with E-state index >= 15 is 0 Å². The van der Waals surface area contributed by atoms with E-state index in [4.69, 9.17) is 4.74 Å². The van der Waals surface area contributed by atoms with Crippen LogP contribution >= 0.6 is 0 Å². The Morgan fingerprint density at radius 3 is 2.93 bits per heavy atom. The molecule has 3 aromatic rings. The molecule has 2 aromatic carbocycles. The zero-order valence-corrected chi connectivity index (χ0v) is 17.0. The molecule has 2 aliphatic carbocycles. The van der Waals surface area contributed by atoms with Gasteiger partial charge in [-0.25, -0.2) is 0 Å². The number of fused-ring (bicyclic) bond motifs is 7. The van der Waals surface area contributed by atoms with Gasteiger partial charge in [0.2, 0.25) is 0 Å². The quantitative estimate of drug-likeness (QED) is 0.438. The van der Waals surface area contributed by atoms with Crippen LogP contribution < -0.4 is 4.74 Å². The maximum Gasteiger partial charge on any atom is 0.134 e. The molecule has 146 valence electrons. The Kier molecular flexibility index (Phi) is 3.12. The van der Waals surface area contributed by atoms with Crippen LogP contribution in [0.4, 0.5) is 0 Å². The number of allylic oxidation sites excluding steroid dienone is 6. The standard InChI is InChI=1S/C28H23NO/c1-16-7-5-6-12-30-26-11-10-18(13-20(16)26)21-14-23-22-15-25(22)29-24-9-4-3-8-19(24)27(17(21)2)28(23)29/h3-14,17,21-22,25H,1,15H2,2H3/b7-5-,12-6-/t17?,21?,22?,25-/m1/s1. The highest BCUT2D eigenvalue weighted by atomic mass is 16.5. The van der Waals surface area contributed by atoms with Gasteiger partial charge in [-0.1, -0.05) is 56.0 Å². The predicted molar refractivity (Wildman–Crippen MR) is 123 cm³/mol. The third kappa shape index (κ3) is 2.04. The summed E-state index contributed by atoms with van der Waals surface area (Å²) in [6, 6.07) is 16.3. The molecule has 0 N–H and O–H groups in total. The number of nitrogens with zero attached hydrogens (tertiary/aromatic N) is 1. The van der Waals surface area contributed by atoms with Crippen LogP contribution in [-0.2, 0) is 0 Å². The normalized spacial score (nSPS) is 29.8. The summed E-state index contributed by atoms with van der Waals surface area (Å²) >= 11 is 0. The van der Waals surface area contributed by atoms with E-state index in [-0.39, 0.29) is 0 Å². The summed E-state index contributed by atoms with van der Waals surface area (Å²) in [6.45, 7) is 6.67. The van der Waals surface area contributed by atoms with Crippen LogP contribution in [0.15, 0.2) is 79.6 Å². The van der Waals surface area contributed by atoms with Crippen molar-refractivity contribution >= 4 is 22.0 Å². The molecule has 2 aliphatic heterocycles. The van der Waals surface area contributed by atoms with Crippen LogP contribution in [0.25, 0.3) is 22.0 Å². The van der Waals surface area contributed by atoms with Crippen molar-refractivity contribution < 1.29 is 4.74 Å². The smallest absolute Gasteiger partial charge is 0.134 e. The van der Waals surface area contributed by atoms with Crippen LogP contribution in [0.3, 0.4) is 0 Å². The number of ether oxygens (including phenoxy) is 1. The van der Waals surface area contributed by atoms with Gasteiger partial charge >= 0.3 is 0 Å². The lowest BCUT2D eigenvalue weighted by molar-refractivity contribution is 0.479. The average Bonchev–Trinajstić information content (AvgIpc) is 3.36. The topological polar surface area (TPSA) is 14.2 Å². The molecule has 30 heavy (non-hydrogen) atoms. The lowest BCUT2D eigenvalue weighted by Crippen LogP contribution is -2.14. The zero-order chi connectivity index (χ0) is 20.0. The number of aromatic nitrogens is 1. The molecule has 4 aliphatic rings. The fourth-order valence-electron chi connectivity index (χ4n) is 6.00. The van der Waals surface area contributed by atoms with Gasteiger partial charge in [0.15, 0.2) is 0 Å². The zero-order valence-electron chi connectivity index (χ0n) is 17.0. The summed E-state index contributed by atoms with van der Waals surface area (Å²) in [6.07, 6.45) is 11.5. The maximum absolute atomic E-state index is 5.83. The lowest BCUT2D eigenvalue weighted by atomic mass is 9.75. The minimum atomic E-state index is 0.370. The van der Waals surface area contributed by atoms with Crippen LogP contribution in [-0.4, -0.2) is 4.57 Å². The predicted octanol–water partition coefficient (Wildman–Crippen LogP) is 6.98. The van der Waals surface area contributed by atoms with Crippen molar-refractivity contribution in [3.63, 3.8) is 0 Å². The van der Waals surface area contributed by atoms with Crippen molar-refractivity contribution in [3.8, 4) is 5.75 Å². The van der Waals surface area contributed by atoms with E-state index in [0.717, 1.165) is 16.9 Å². The molecule has 3 unspecified atom stereocenters. The molecule has 1 aromatic heterocycles. The maximum atomic E-state index is 5.83. The van der Waals surface area contributed by atoms with E-state index in [9.17, 15) is 0 Å². The SMILES string of the molecule is C=C1/C=C\C=C/Oc2ccc(C3C=C4c5c(c6ccccc6n5[C@@H]5CC45)C3C)cc21. The minimum Gasteiger partial charge on any atom is -0.464 e. The highest BCUT2D eigenvalue weighted by Gasteiger charge is 2.53. The summed E-state index contributed by atoms with van der Waals surface area (Å²) in [5.74, 6) is 2.40. The molecule has 3 heterocycles. The molecule has 4 atom stereocenters. The van der Waals surface area contributed by atoms with Gasteiger partial charge in [0.05, 0.1) is 6.26 Å². The van der Waals surface area contributed by atoms with Crippen molar-refractivity contribution in [2.75, 3.05) is 0 Å². The molecule has 0 radical (unpaired) electrons. The lowest BCUT2D eigenvalue weighted by Gasteiger charge is -2.29. The van der Waals surface area contributed by atoms with Gasteiger partial charge in [0.1, 0.15) is 5.75 Å². The summed E-state index contributed by atoms with van der Waals surface area (Å²) < 4.78 is 8.47. The van der Waals surface area contributed by atoms with Crippen molar-refractivity contribution in [1.82, 2.24) is 4.57 Å². The van der Waals surface area contributed by atoms with E-state index in [2.05, 4.69) is 72.7 Å². The Hall–Kier alpha value is -3.26. The number of para-hydroxylation sites is 1. The van der Waals surface area contributed by atoms with Crippen LogP contribution in [0.5, 0.6) is 5.75 Å². The third-order valence-corrected chi connectivity index (χ3v) is 7.48. The molecule has 2 nitrogen and oxygen atoms in total. The molecule has 1 fully saturated rings. The molecule has 2 heteroatoms. The molecular formula is C28H23NO. The largest absolute Gasteiger partial charge is 0.464 e. The Morgan fingerprint density at radius 2 is 2.00 bits per heavy atom. The highest BCUT2D eigenvalue weighted by molar-refractivity contribution is 5.95. The van der Waals surface area contributed by atoms with Gasteiger partial charge in [-0.05, 0) is 58.9 Å².